The molecule has 0 saturated heterocycles. The number of nitrogens with one attached hydrogen (secondary N) is 1. The summed E-state index contributed by atoms with van der Waals surface area (Å²) in [5.41, 5.74) is 6.42. The van der Waals surface area contributed by atoms with Crippen LogP contribution in [-0.4, -0.2) is 12.2 Å². The van der Waals surface area contributed by atoms with Gasteiger partial charge in [-0.05, 0) is 42.7 Å². The van der Waals surface area contributed by atoms with E-state index in [1.54, 1.807) is 17.8 Å². The molecule has 0 heterocycles. The Kier molecular flexibility index (Phi) is 4.06. The third-order valence-corrected chi connectivity index (χ3v) is 3.31. The molecule has 3 nitrogen and oxygen atoms in total. The van der Waals surface area contributed by atoms with E-state index in [1.807, 2.05) is 24.5 Å². The Morgan fingerprint density at radius 1 is 1.26 bits per heavy atom. The van der Waals surface area contributed by atoms with Gasteiger partial charge in [-0.3, -0.25) is 4.79 Å². The van der Waals surface area contributed by atoms with Crippen LogP contribution >= 0.6 is 11.8 Å². The summed E-state index contributed by atoms with van der Waals surface area (Å²) in [6, 6.07) is 11.4. The summed E-state index contributed by atoms with van der Waals surface area (Å²) in [5.74, 6) is -0.842. The Bertz CT molecular complexity index is 616. The van der Waals surface area contributed by atoms with E-state index >= 15 is 0 Å². The molecule has 3 N–H and O–H groups in total. The molecule has 0 bridgehead atoms. The lowest BCUT2D eigenvalue weighted by molar-refractivity contribution is 0.102. The fourth-order valence-corrected chi connectivity index (χ4v) is 2.05. The van der Waals surface area contributed by atoms with Crippen LogP contribution in [-0.2, 0) is 0 Å². The van der Waals surface area contributed by atoms with Crippen molar-refractivity contribution in [2.75, 3.05) is 17.3 Å². The summed E-state index contributed by atoms with van der Waals surface area (Å²) >= 11 is 1.59. The first-order chi connectivity index (χ1) is 9.10. The van der Waals surface area contributed by atoms with E-state index in [-0.39, 0.29) is 11.6 Å². The highest BCUT2D eigenvalue weighted by Gasteiger charge is 2.08. The monoisotopic (exact) mass is 276 g/mol. The van der Waals surface area contributed by atoms with E-state index < -0.39 is 5.82 Å². The zero-order chi connectivity index (χ0) is 13.8. The fraction of sp³-hybridized carbons (Fsp3) is 0.0714. The van der Waals surface area contributed by atoms with Gasteiger partial charge in [0.05, 0.1) is 5.69 Å². The van der Waals surface area contributed by atoms with Gasteiger partial charge in [-0.2, -0.15) is 0 Å². The molecule has 5 heteroatoms. The second-order valence-corrected chi connectivity index (χ2v) is 4.80. The number of halogens is 1. The Balaban J connectivity index is 2.18. The number of nitrogen functional groups attached to an aromatic ring is 1. The molecule has 0 aliphatic carbocycles. The molecule has 98 valence electrons. The van der Waals surface area contributed by atoms with Gasteiger partial charge in [0.2, 0.25) is 0 Å². The van der Waals surface area contributed by atoms with E-state index in [2.05, 4.69) is 5.32 Å². The molecular weight excluding hydrogens is 263 g/mol. The predicted octanol–water partition coefficient (Wildman–Crippen LogP) is 3.38. The van der Waals surface area contributed by atoms with Crippen LogP contribution in [0.3, 0.4) is 0 Å². The smallest absolute Gasteiger partial charge is 0.255 e. The molecule has 1 amide bonds. The number of anilines is 2. The summed E-state index contributed by atoms with van der Waals surface area (Å²) in [5, 5.41) is 2.75. The molecule has 0 fully saturated rings. The maximum Gasteiger partial charge on any atom is 0.255 e. The molecular formula is C14H13FN2OS. The van der Waals surface area contributed by atoms with Crippen LogP contribution in [0.25, 0.3) is 0 Å². The molecule has 0 aliphatic rings. The maximum absolute atomic E-state index is 13.0. The van der Waals surface area contributed by atoms with Gasteiger partial charge < -0.3 is 11.1 Å². The van der Waals surface area contributed by atoms with Crippen LogP contribution in [0, 0.1) is 5.82 Å². The molecule has 0 atom stereocenters. The van der Waals surface area contributed by atoms with Crippen LogP contribution in [0.2, 0.25) is 0 Å². The first kappa shape index (κ1) is 13.4. The highest BCUT2D eigenvalue weighted by Crippen LogP contribution is 2.20. The van der Waals surface area contributed by atoms with E-state index in [4.69, 9.17) is 5.73 Å². The minimum absolute atomic E-state index is 0.0366. The molecule has 0 spiro atoms. The van der Waals surface area contributed by atoms with Crippen LogP contribution < -0.4 is 11.1 Å². The van der Waals surface area contributed by atoms with Crippen molar-refractivity contribution in [2.24, 2.45) is 0 Å². The average molecular weight is 276 g/mol. The first-order valence-electron chi connectivity index (χ1n) is 5.60. The standard InChI is InChI=1S/C14H13FN2OS/c1-19-11-4-2-3-10(8-11)17-14(18)9-5-6-12(15)13(16)7-9/h2-8H,16H2,1H3,(H,17,18). The van der Waals surface area contributed by atoms with E-state index in [0.29, 0.717) is 11.3 Å². The van der Waals surface area contributed by atoms with E-state index in [0.717, 1.165) is 4.90 Å². The number of hydrogen-bond donors (Lipinski definition) is 2. The largest absolute Gasteiger partial charge is 0.396 e. The molecule has 19 heavy (non-hydrogen) atoms. The summed E-state index contributed by atoms with van der Waals surface area (Å²) in [6.45, 7) is 0. The Morgan fingerprint density at radius 2 is 2.05 bits per heavy atom. The first-order valence-corrected chi connectivity index (χ1v) is 6.83. The highest BCUT2D eigenvalue weighted by atomic mass is 32.2. The topological polar surface area (TPSA) is 55.1 Å². The van der Waals surface area contributed by atoms with Crippen LogP contribution in [0.5, 0.6) is 0 Å². The number of benzene rings is 2. The lowest BCUT2D eigenvalue weighted by Gasteiger charge is -2.07. The van der Waals surface area contributed by atoms with Gasteiger partial charge in [0, 0.05) is 16.1 Å². The minimum Gasteiger partial charge on any atom is -0.396 e. The average Bonchev–Trinajstić information content (AvgIpc) is 2.42. The number of thioether (sulfide) groups is 1. The van der Waals surface area contributed by atoms with Crippen molar-refractivity contribution in [1.29, 1.82) is 0 Å². The fourth-order valence-electron chi connectivity index (χ4n) is 1.59. The molecule has 2 aromatic rings. The van der Waals surface area contributed by atoms with Gasteiger partial charge in [-0.1, -0.05) is 6.07 Å². The number of nitrogens with two attached hydrogens (primary N) is 1. The van der Waals surface area contributed by atoms with Gasteiger partial charge in [-0.25, -0.2) is 4.39 Å². The lowest BCUT2D eigenvalue weighted by Crippen LogP contribution is -2.12. The van der Waals surface area contributed by atoms with Gasteiger partial charge in [0.15, 0.2) is 0 Å². The van der Waals surface area contributed by atoms with Gasteiger partial charge in [0.1, 0.15) is 5.82 Å². The summed E-state index contributed by atoms with van der Waals surface area (Å²) in [7, 11) is 0. The molecule has 0 aromatic heterocycles. The number of hydrogen-bond acceptors (Lipinski definition) is 3. The number of amides is 1. The van der Waals surface area contributed by atoms with Crippen LogP contribution in [0.15, 0.2) is 47.4 Å². The summed E-state index contributed by atoms with van der Waals surface area (Å²) in [4.78, 5) is 13.0. The third-order valence-electron chi connectivity index (χ3n) is 2.59. The third kappa shape index (κ3) is 3.26. The Morgan fingerprint density at radius 3 is 2.74 bits per heavy atom. The number of carbonyl (C=O) groups is 1. The molecule has 2 rings (SSSR count). The SMILES string of the molecule is CSc1cccc(NC(=O)c2ccc(F)c(N)c2)c1. The van der Waals surface area contributed by atoms with Crippen molar-refractivity contribution in [3.05, 3.63) is 53.8 Å². The van der Waals surface area contributed by atoms with Crippen molar-refractivity contribution < 1.29 is 9.18 Å². The van der Waals surface area contributed by atoms with Crippen molar-refractivity contribution >= 4 is 29.0 Å². The van der Waals surface area contributed by atoms with Crippen molar-refractivity contribution in [1.82, 2.24) is 0 Å². The van der Waals surface area contributed by atoms with Gasteiger partial charge in [0.25, 0.3) is 5.91 Å². The Hall–Kier alpha value is -2.01. The second-order valence-electron chi connectivity index (χ2n) is 3.92. The second kappa shape index (κ2) is 5.75. The van der Waals surface area contributed by atoms with E-state index in [9.17, 15) is 9.18 Å². The summed E-state index contributed by atoms with van der Waals surface area (Å²) in [6.07, 6.45) is 1.96. The van der Waals surface area contributed by atoms with Gasteiger partial charge in [-0.15, -0.1) is 11.8 Å². The molecule has 0 radical (unpaired) electrons. The van der Waals surface area contributed by atoms with Crippen LogP contribution in [0.4, 0.5) is 15.8 Å². The normalized spacial score (nSPS) is 10.2. The molecule has 0 saturated carbocycles. The minimum atomic E-state index is -0.527. The van der Waals surface area contributed by atoms with E-state index in [1.165, 1.54) is 18.2 Å². The number of rotatable bonds is 3. The Labute approximate surface area is 115 Å². The zero-order valence-electron chi connectivity index (χ0n) is 10.3. The molecule has 0 aliphatic heterocycles. The van der Waals surface area contributed by atoms with Crippen molar-refractivity contribution in [3.63, 3.8) is 0 Å². The lowest BCUT2D eigenvalue weighted by atomic mass is 10.2. The van der Waals surface area contributed by atoms with Crippen molar-refractivity contribution in [2.45, 2.75) is 4.90 Å². The van der Waals surface area contributed by atoms with Crippen LogP contribution in [0.1, 0.15) is 10.4 Å². The predicted molar refractivity (Wildman–Crippen MR) is 77.0 cm³/mol. The van der Waals surface area contributed by atoms with Gasteiger partial charge >= 0.3 is 0 Å². The molecule has 2 aromatic carbocycles. The maximum atomic E-state index is 13.0. The van der Waals surface area contributed by atoms with Crippen molar-refractivity contribution in [3.8, 4) is 0 Å². The summed E-state index contributed by atoms with van der Waals surface area (Å²) < 4.78 is 13.0. The highest BCUT2D eigenvalue weighted by molar-refractivity contribution is 7.98. The quantitative estimate of drug-likeness (QED) is 0.667. The zero-order valence-corrected chi connectivity index (χ0v) is 11.1. The molecule has 0 unspecified atom stereocenters. The number of carbonyl (C=O) groups excluding carboxylic acids is 1.